The summed E-state index contributed by atoms with van der Waals surface area (Å²) in [7, 11) is 1.65. The minimum absolute atomic E-state index is 0.0995. The van der Waals surface area contributed by atoms with Gasteiger partial charge in [0.1, 0.15) is 11.5 Å². The maximum Gasteiger partial charge on any atom is 0.321 e. The van der Waals surface area contributed by atoms with Gasteiger partial charge in [0, 0.05) is 11.5 Å². The highest BCUT2D eigenvalue weighted by molar-refractivity contribution is 5.85. The Bertz CT molecular complexity index is 935. The molecule has 0 aliphatic heterocycles. The van der Waals surface area contributed by atoms with Gasteiger partial charge in [-0.2, -0.15) is 0 Å². The van der Waals surface area contributed by atoms with E-state index in [4.69, 9.17) is 9.47 Å². The molecule has 1 aliphatic carbocycles. The van der Waals surface area contributed by atoms with Crippen molar-refractivity contribution in [2.24, 2.45) is 5.41 Å². The second-order valence-electron chi connectivity index (χ2n) is 9.44. The molecular formula is C27H34O3. The molecule has 0 amide bonds. The van der Waals surface area contributed by atoms with Crippen molar-refractivity contribution in [1.29, 1.82) is 0 Å². The summed E-state index contributed by atoms with van der Waals surface area (Å²) >= 11 is 0. The Morgan fingerprint density at radius 1 is 1.13 bits per heavy atom. The van der Waals surface area contributed by atoms with Crippen LogP contribution in [0.1, 0.15) is 76.5 Å². The van der Waals surface area contributed by atoms with Crippen molar-refractivity contribution in [3.05, 3.63) is 65.2 Å². The van der Waals surface area contributed by atoms with E-state index in [9.17, 15) is 4.79 Å². The van der Waals surface area contributed by atoms with Crippen LogP contribution in [-0.2, 0) is 10.2 Å². The molecule has 3 nitrogen and oxygen atoms in total. The SMILES string of the molecule is CCCC[C@@H]1c2ccccc2C=C[C@]1(C)C(=O)Oc1ccc(OC)cc1C(C)(C)C. The van der Waals surface area contributed by atoms with Crippen LogP contribution in [0.3, 0.4) is 0 Å². The van der Waals surface area contributed by atoms with Crippen LogP contribution in [0.4, 0.5) is 0 Å². The monoisotopic (exact) mass is 406 g/mol. The molecule has 0 saturated heterocycles. The van der Waals surface area contributed by atoms with Crippen LogP contribution in [0.15, 0.2) is 48.5 Å². The maximum absolute atomic E-state index is 13.6. The fraction of sp³-hybridized carbons (Fsp3) is 0.444. The molecule has 0 spiro atoms. The Morgan fingerprint density at radius 2 is 1.87 bits per heavy atom. The first-order chi connectivity index (χ1) is 14.2. The predicted molar refractivity (Wildman–Crippen MR) is 123 cm³/mol. The summed E-state index contributed by atoms with van der Waals surface area (Å²) in [6.45, 7) is 10.5. The van der Waals surface area contributed by atoms with Gasteiger partial charge in [0.25, 0.3) is 0 Å². The largest absolute Gasteiger partial charge is 0.497 e. The van der Waals surface area contributed by atoms with E-state index in [2.05, 4.69) is 52.0 Å². The molecule has 0 N–H and O–H groups in total. The van der Waals surface area contributed by atoms with Gasteiger partial charge in [-0.3, -0.25) is 4.79 Å². The van der Waals surface area contributed by atoms with Crippen LogP contribution in [0, 0.1) is 5.41 Å². The summed E-state index contributed by atoms with van der Waals surface area (Å²) in [4.78, 5) is 13.6. The van der Waals surface area contributed by atoms with Crippen molar-refractivity contribution in [1.82, 2.24) is 0 Å². The maximum atomic E-state index is 13.6. The third kappa shape index (κ3) is 4.30. The lowest BCUT2D eigenvalue weighted by Gasteiger charge is -2.37. The molecule has 30 heavy (non-hydrogen) atoms. The van der Waals surface area contributed by atoms with Crippen molar-refractivity contribution in [2.75, 3.05) is 7.11 Å². The molecule has 160 valence electrons. The first kappa shape index (κ1) is 22.1. The van der Waals surface area contributed by atoms with E-state index in [1.165, 1.54) is 11.1 Å². The quantitative estimate of drug-likeness (QED) is 0.386. The van der Waals surface area contributed by atoms with E-state index in [-0.39, 0.29) is 17.3 Å². The number of hydrogen-bond donors (Lipinski definition) is 0. The Balaban J connectivity index is 1.98. The van der Waals surface area contributed by atoms with Crippen molar-refractivity contribution < 1.29 is 14.3 Å². The first-order valence-electron chi connectivity index (χ1n) is 10.9. The fourth-order valence-corrected chi connectivity index (χ4v) is 4.28. The lowest BCUT2D eigenvalue weighted by molar-refractivity contribution is -0.143. The third-order valence-electron chi connectivity index (χ3n) is 6.19. The van der Waals surface area contributed by atoms with Gasteiger partial charge in [0.2, 0.25) is 0 Å². The number of hydrogen-bond acceptors (Lipinski definition) is 3. The Kier molecular flexibility index (Phi) is 6.40. The molecule has 2 aromatic carbocycles. The summed E-state index contributed by atoms with van der Waals surface area (Å²) in [5, 5.41) is 0. The van der Waals surface area contributed by atoms with E-state index in [0.717, 1.165) is 30.6 Å². The zero-order chi connectivity index (χ0) is 21.9. The van der Waals surface area contributed by atoms with Gasteiger partial charge in [-0.05, 0) is 48.1 Å². The molecule has 2 atom stereocenters. The smallest absolute Gasteiger partial charge is 0.321 e. The molecule has 3 rings (SSSR count). The van der Waals surface area contributed by atoms with Crippen LogP contribution >= 0.6 is 0 Å². The van der Waals surface area contributed by atoms with Crippen molar-refractivity contribution in [2.45, 2.75) is 65.2 Å². The predicted octanol–water partition coefficient (Wildman–Crippen LogP) is 6.91. The minimum atomic E-state index is -0.710. The highest BCUT2D eigenvalue weighted by atomic mass is 16.5. The number of fused-ring (bicyclic) bond motifs is 1. The molecule has 1 aliphatic rings. The standard InChI is InChI=1S/C27H34O3/c1-7-8-13-22-21-12-10-9-11-19(21)16-17-27(22,5)25(28)30-24-15-14-20(29-6)18-23(24)26(2,3)4/h9-12,14-18,22H,7-8,13H2,1-6H3/t22-,27+/m1/s1. The van der Waals surface area contributed by atoms with Gasteiger partial charge in [0.05, 0.1) is 12.5 Å². The number of unbranched alkanes of at least 4 members (excludes halogenated alkanes) is 1. The average molecular weight is 407 g/mol. The van der Waals surface area contributed by atoms with Gasteiger partial charge < -0.3 is 9.47 Å². The van der Waals surface area contributed by atoms with Crippen LogP contribution in [-0.4, -0.2) is 13.1 Å². The van der Waals surface area contributed by atoms with Gasteiger partial charge in [-0.1, -0.05) is 77.0 Å². The Labute approximate surface area is 181 Å². The number of carbonyl (C=O) groups excluding carboxylic acids is 1. The molecule has 0 radical (unpaired) electrons. The number of benzene rings is 2. The van der Waals surface area contributed by atoms with Gasteiger partial charge in [0.15, 0.2) is 0 Å². The number of carbonyl (C=O) groups is 1. The van der Waals surface area contributed by atoms with E-state index in [1.807, 2.05) is 37.3 Å². The van der Waals surface area contributed by atoms with Crippen LogP contribution < -0.4 is 9.47 Å². The summed E-state index contributed by atoms with van der Waals surface area (Å²) in [6.07, 6.45) is 7.24. The van der Waals surface area contributed by atoms with Crippen molar-refractivity contribution >= 4 is 12.0 Å². The second-order valence-corrected chi connectivity index (χ2v) is 9.44. The molecule has 0 aromatic heterocycles. The molecule has 0 bridgehead atoms. The number of methoxy groups -OCH3 is 1. The van der Waals surface area contributed by atoms with Crippen molar-refractivity contribution in [3.8, 4) is 11.5 Å². The van der Waals surface area contributed by atoms with E-state index >= 15 is 0 Å². The van der Waals surface area contributed by atoms with Crippen LogP contribution in [0.2, 0.25) is 0 Å². The van der Waals surface area contributed by atoms with Crippen LogP contribution in [0.25, 0.3) is 6.08 Å². The lowest BCUT2D eigenvalue weighted by atomic mass is 9.67. The first-order valence-corrected chi connectivity index (χ1v) is 10.9. The topological polar surface area (TPSA) is 35.5 Å². The normalized spacial score (nSPS) is 20.5. The lowest BCUT2D eigenvalue weighted by Crippen LogP contribution is -2.38. The molecule has 0 fully saturated rings. The summed E-state index contributed by atoms with van der Waals surface area (Å²) in [5.41, 5.74) is 2.51. The van der Waals surface area contributed by atoms with E-state index < -0.39 is 5.41 Å². The summed E-state index contributed by atoms with van der Waals surface area (Å²) in [6, 6.07) is 14.0. The van der Waals surface area contributed by atoms with E-state index in [1.54, 1.807) is 7.11 Å². The highest BCUT2D eigenvalue weighted by Gasteiger charge is 2.44. The van der Waals surface area contributed by atoms with Gasteiger partial charge >= 0.3 is 5.97 Å². The molecule has 2 aromatic rings. The number of rotatable bonds is 6. The van der Waals surface area contributed by atoms with E-state index in [0.29, 0.717) is 5.75 Å². The zero-order valence-electron chi connectivity index (χ0n) is 19.1. The summed E-state index contributed by atoms with van der Waals surface area (Å²) < 4.78 is 11.5. The Hall–Kier alpha value is -2.55. The number of esters is 1. The van der Waals surface area contributed by atoms with Crippen molar-refractivity contribution in [3.63, 3.8) is 0 Å². The third-order valence-corrected chi connectivity index (χ3v) is 6.19. The molecule has 3 heteroatoms. The molecule has 0 unspecified atom stereocenters. The zero-order valence-corrected chi connectivity index (χ0v) is 19.1. The van der Waals surface area contributed by atoms with Gasteiger partial charge in [-0.15, -0.1) is 0 Å². The minimum Gasteiger partial charge on any atom is -0.497 e. The van der Waals surface area contributed by atoms with Crippen LogP contribution in [0.5, 0.6) is 11.5 Å². The average Bonchev–Trinajstić information content (AvgIpc) is 2.72. The Morgan fingerprint density at radius 3 is 2.53 bits per heavy atom. The number of ether oxygens (including phenoxy) is 2. The second kappa shape index (κ2) is 8.67. The molecule has 0 saturated carbocycles. The highest BCUT2D eigenvalue weighted by Crippen LogP contribution is 2.47. The fourth-order valence-electron chi connectivity index (χ4n) is 4.28. The van der Waals surface area contributed by atoms with Gasteiger partial charge in [-0.25, -0.2) is 0 Å². The summed E-state index contributed by atoms with van der Waals surface area (Å²) in [5.74, 6) is 1.27. The molecule has 0 heterocycles. The molecular weight excluding hydrogens is 372 g/mol.